The fourth-order valence-electron chi connectivity index (χ4n) is 2.90. The predicted molar refractivity (Wildman–Crippen MR) is 113 cm³/mol. The molecule has 0 spiro atoms. The van der Waals surface area contributed by atoms with Gasteiger partial charge in [-0.2, -0.15) is 5.10 Å². The monoisotopic (exact) mass is 447 g/mol. The molecule has 4 aromatic rings. The first kappa shape index (κ1) is 19.7. The van der Waals surface area contributed by atoms with E-state index in [-0.39, 0.29) is 16.7 Å². The van der Waals surface area contributed by atoms with Crippen molar-refractivity contribution in [2.75, 3.05) is 0 Å². The second-order valence-corrected chi connectivity index (χ2v) is 10.4. The Morgan fingerprint density at radius 2 is 2.10 bits per heavy atom. The van der Waals surface area contributed by atoms with Crippen LogP contribution in [0.15, 0.2) is 46.1 Å². The van der Waals surface area contributed by atoms with E-state index in [0.29, 0.717) is 33.7 Å². The van der Waals surface area contributed by atoms with Gasteiger partial charge in [-0.15, -0.1) is 22.7 Å². The molecule has 0 aromatic carbocycles. The van der Waals surface area contributed by atoms with Crippen LogP contribution in [0.2, 0.25) is 0 Å². The molecule has 0 aliphatic rings. The first-order chi connectivity index (χ1) is 13.8. The summed E-state index contributed by atoms with van der Waals surface area (Å²) in [5, 5.41) is 15.0. The lowest BCUT2D eigenvalue weighted by Crippen LogP contribution is -2.22. The topological polar surface area (TPSA) is 120 Å². The van der Waals surface area contributed by atoms with Crippen molar-refractivity contribution in [2.24, 2.45) is 5.14 Å². The fourth-order valence-corrected chi connectivity index (χ4v) is 5.30. The van der Waals surface area contributed by atoms with Crippen LogP contribution >= 0.6 is 22.7 Å². The molecule has 11 heteroatoms. The predicted octanol–water partition coefficient (Wildman–Crippen LogP) is 2.49. The van der Waals surface area contributed by atoms with Gasteiger partial charge in [-0.05, 0) is 36.6 Å². The molecule has 4 rings (SSSR count). The number of sulfonamides is 1. The molecule has 29 heavy (non-hydrogen) atoms. The van der Waals surface area contributed by atoms with E-state index in [2.05, 4.69) is 15.4 Å². The fraction of sp³-hybridized carbons (Fsp3) is 0.167. The maximum atomic E-state index is 12.8. The second kappa shape index (κ2) is 7.67. The van der Waals surface area contributed by atoms with Crippen molar-refractivity contribution in [3.63, 3.8) is 0 Å². The van der Waals surface area contributed by atoms with Crippen molar-refractivity contribution in [1.29, 1.82) is 0 Å². The maximum absolute atomic E-state index is 12.8. The first-order valence-corrected chi connectivity index (χ1v) is 11.8. The lowest BCUT2D eigenvalue weighted by atomic mass is 10.1. The zero-order chi connectivity index (χ0) is 20.6. The Morgan fingerprint density at radius 3 is 2.79 bits per heavy atom. The van der Waals surface area contributed by atoms with E-state index >= 15 is 0 Å². The van der Waals surface area contributed by atoms with Gasteiger partial charge in [-0.3, -0.25) is 4.79 Å². The number of pyridine rings is 1. The van der Waals surface area contributed by atoms with Crippen LogP contribution in [0.5, 0.6) is 0 Å². The standard InChI is InChI=1S/C18H17N5O3S3/c1-11-7-14(18(24)20-8-12-4-5-16(28-12)29(19,25)26)15-9-21-23(17(15)22-11)10-13-3-2-6-27-13/h2-7,9H,8,10H2,1H3,(H,20,24)(H2,19,25,26). The normalized spacial score (nSPS) is 11.8. The van der Waals surface area contributed by atoms with E-state index in [0.717, 1.165) is 16.2 Å². The molecule has 3 N–H and O–H groups in total. The van der Waals surface area contributed by atoms with Gasteiger partial charge in [-0.1, -0.05) is 6.07 Å². The summed E-state index contributed by atoms with van der Waals surface area (Å²) < 4.78 is 24.6. The van der Waals surface area contributed by atoms with Crippen LogP contribution < -0.4 is 10.5 Å². The van der Waals surface area contributed by atoms with Gasteiger partial charge in [0, 0.05) is 15.4 Å². The van der Waals surface area contributed by atoms with Gasteiger partial charge < -0.3 is 5.32 Å². The van der Waals surface area contributed by atoms with Crippen LogP contribution in [-0.4, -0.2) is 29.1 Å². The van der Waals surface area contributed by atoms with Crippen molar-refractivity contribution < 1.29 is 13.2 Å². The van der Waals surface area contributed by atoms with Crippen molar-refractivity contribution in [3.05, 3.63) is 62.9 Å². The number of hydrogen-bond donors (Lipinski definition) is 2. The summed E-state index contributed by atoms with van der Waals surface area (Å²) in [6.07, 6.45) is 1.65. The average Bonchev–Trinajstić information content (AvgIpc) is 3.40. The lowest BCUT2D eigenvalue weighted by molar-refractivity contribution is 0.0953. The molecule has 0 atom stereocenters. The Hall–Kier alpha value is -2.60. The minimum atomic E-state index is -3.74. The van der Waals surface area contributed by atoms with Gasteiger partial charge >= 0.3 is 0 Å². The van der Waals surface area contributed by atoms with Gasteiger partial charge in [0.2, 0.25) is 10.0 Å². The number of fused-ring (bicyclic) bond motifs is 1. The number of aryl methyl sites for hydroxylation is 1. The summed E-state index contributed by atoms with van der Waals surface area (Å²) in [5.41, 5.74) is 1.84. The number of amides is 1. The molecule has 4 aromatic heterocycles. The van der Waals surface area contributed by atoms with E-state index in [4.69, 9.17) is 5.14 Å². The zero-order valence-corrected chi connectivity index (χ0v) is 17.8. The first-order valence-electron chi connectivity index (χ1n) is 8.56. The molecular weight excluding hydrogens is 430 g/mol. The van der Waals surface area contributed by atoms with Crippen molar-refractivity contribution in [3.8, 4) is 0 Å². The molecule has 1 amide bonds. The third-order valence-electron chi connectivity index (χ3n) is 4.21. The summed E-state index contributed by atoms with van der Waals surface area (Å²) in [4.78, 5) is 19.2. The number of carbonyl (C=O) groups excluding carboxylic acids is 1. The Bertz CT molecular complexity index is 1290. The number of aromatic nitrogens is 3. The number of nitrogens with one attached hydrogen (secondary N) is 1. The van der Waals surface area contributed by atoms with Crippen molar-refractivity contribution in [1.82, 2.24) is 20.1 Å². The highest BCUT2D eigenvalue weighted by molar-refractivity contribution is 7.91. The Morgan fingerprint density at radius 1 is 1.28 bits per heavy atom. The molecule has 0 aliphatic heterocycles. The average molecular weight is 448 g/mol. The number of hydrogen-bond acceptors (Lipinski definition) is 7. The van der Waals surface area contributed by atoms with Gasteiger partial charge in [-0.25, -0.2) is 23.2 Å². The molecule has 0 radical (unpaired) electrons. The number of carbonyl (C=O) groups is 1. The van der Waals surface area contributed by atoms with E-state index in [9.17, 15) is 13.2 Å². The quantitative estimate of drug-likeness (QED) is 0.470. The maximum Gasteiger partial charge on any atom is 0.252 e. The third-order valence-corrected chi connectivity index (χ3v) is 7.59. The number of nitrogens with zero attached hydrogens (tertiary/aromatic N) is 3. The van der Waals surface area contributed by atoms with Crippen molar-refractivity contribution in [2.45, 2.75) is 24.2 Å². The second-order valence-electron chi connectivity index (χ2n) is 6.38. The highest BCUT2D eigenvalue weighted by Gasteiger charge is 2.17. The molecule has 0 bridgehead atoms. The van der Waals surface area contributed by atoms with Gasteiger partial charge in [0.15, 0.2) is 5.65 Å². The molecular formula is C18H17N5O3S3. The number of primary sulfonamides is 1. The molecule has 4 heterocycles. The molecule has 0 fully saturated rings. The molecule has 8 nitrogen and oxygen atoms in total. The number of rotatable bonds is 6. The van der Waals surface area contributed by atoms with Crippen LogP contribution in [0, 0.1) is 6.92 Å². The lowest BCUT2D eigenvalue weighted by Gasteiger charge is -2.07. The van der Waals surface area contributed by atoms with Gasteiger partial charge in [0.1, 0.15) is 4.21 Å². The molecule has 0 saturated carbocycles. The Balaban J connectivity index is 1.57. The smallest absolute Gasteiger partial charge is 0.252 e. The third kappa shape index (κ3) is 4.22. The van der Waals surface area contributed by atoms with Crippen LogP contribution in [0.25, 0.3) is 11.0 Å². The van der Waals surface area contributed by atoms with E-state index in [1.807, 2.05) is 24.4 Å². The molecule has 0 unspecified atom stereocenters. The summed E-state index contributed by atoms with van der Waals surface area (Å²) in [6, 6.07) is 8.80. The number of nitrogens with two attached hydrogens (primary N) is 1. The van der Waals surface area contributed by atoms with E-state index < -0.39 is 10.0 Å². The Labute approximate surface area is 175 Å². The van der Waals surface area contributed by atoms with Crippen LogP contribution in [0.4, 0.5) is 0 Å². The highest BCUT2D eigenvalue weighted by atomic mass is 32.2. The van der Waals surface area contributed by atoms with Gasteiger partial charge in [0.05, 0.1) is 30.2 Å². The molecule has 150 valence electrons. The van der Waals surface area contributed by atoms with Gasteiger partial charge in [0.25, 0.3) is 5.91 Å². The summed E-state index contributed by atoms with van der Waals surface area (Å²) in [5.74, 6) is -0.276. The largest absolute Gasteiger partial charge is 0.347 e. The van der Waals surface area contributed by atoms with Crippen LogP contribution in [0.1, 0.15) is 25.8 Å². The summed E-state index contributed by atoms with van der Waals surface area (Å²) in [6.45, 7) is 2.62. The minimum absolute atomic E-state index is 0.0683. The Kier molecular flexibility index (Phi) is 5.21. The summed E-state index contributed by atoms with van der Waals surface area (Å²) >= 11 is 2.67. The summed E-state index contributed by atoms with van der Waals surface area (Å²) in [7, 11) is -3.74. The highest BCUT2D eigenvalue weighted by Crippen LogP contribution is 2.22. The van der Waals surface area contributed by atoms with E-state index in [1.165, 1.54) is 6.07 Å². The number of thiophene rings is 2. The van der Waals surface area contributed by atoms with Crippen molar-refractivity contribution >= 4 is 49.6 Å². The zero-order valence-electron chi connectivity index (χ0n) is 15.3. The SMILES string of the molecule is Cc1cc(C(=O)NCc2ccc(S(N)(=O)=O)s2)c2cnn(Cc3cccs3)c2n1. The van der Waals surface area contributed by atoms with Crippen LogP contribution in [0.3, 0.4) is 0 Å². The van der Waals surface area contributed by atoms with Crippen LogP contribution in [-0.2, 0) is 23.1 Å². The molecule has 0 aliphatic carbocycles. The minimum Gasteiger partial charge on any atom is -0.347 e. The van der Waals surface area contributed by atoms with E-state index in [1.54, 1.807) is 34.3 Å². The molecule has 0 saturated heterocycles.